The maximum Gasteiger partial charge on any atom is 0.325 e. The van der Waals surface area contributed by atoms with Crippen LogP contribution in [0.3, 0.4) is 0 Å². The van der Waals surface area contributed by atoms with Gasteiger partial charge in [-0.05, 0) is 18.9 Å². The van der Waals surface area contributed by atoms with Crippen molar-refractivity contribution in [3.8, 4) is 0 Å². The van der Waals surface area contributed by atoms with Crippen LogP contribution in [0.4, 0.5) is 11.4 Å². The maximum absolute atomic E-state index is 14.2. The maximum atomic E-state index is 14.2. The smallest absolute Gasteiger partial charge is 0.325 e. The van der Waals surface area contributed by atoms with E-state index in [1.165, 1.54) is 23.9 Å². The predicted octanol–water partition coefficient (Wildman–Crippen LogP) is 1.84. The fourth-order valence-electron chi connectivity index (χ4n) is 5.34. The molecule has 13 heteroatoms. The molecule has 0 spiro atoms. The molecule has 0 saturated carbocycles. The van der Waals surface area contributed by atoms with Crippen molar-refractivity contribution >= 4 is 34.0 Å². The highest BCUT2D eigenvalue weighted by Gasteiger charge is 2.31. The number of nitrogens with zero attached hydrogens (tertiary/aromatic N) is 4. The van der Waals surface area contributed by atoms with E-state index >= 15 is 0 Å². The highest BCUT2D eigenvalue weighted by molar-refractivity contribution is 5.96. The van der Waals surface area contributed by atoms with Crippen molar-refractivity contribution in [2.75, 3.05) is 95.9 Å². The van der Waals surface area contributed by atoms with Gasteiger partial charge in [-0.3, -0.25) is 19.4 Å². The van der Waals surface area contributed by atoms with Crippen molar-refractivity contribution in [3.05, 3.63) is 65.3 Å². The zero-order chi connectivity index (χ0) is 32.6. The van der Waals surface area contributed by atoms with Crippen LogP contribution in [0.2, 0.25) is 0 Å². The van der Waals surface area contributed by atoms with Gasteiger partial charge in [-0.2, -0.15) is 0 Å². The third kappa shape index (κ3) is 10.3. The van der Waals surface area contributed by atoms with Crippen LogP contribution in [-0.2, 0) is 39.8 Å². The van der Waals surface area contributed by atoms with E-state index in [1.807, 2.05) is 30.6 Å². The Balaban J connectivity index is 1.38. The third-order valence-corrected chi connectivity index (χ3v) is 7.67. The number of hydrogen-bond donors (Lipinski definition) is 1. The van der Waals surface area contributed by atoms with Gasteiger partial charge in [0.15, 0.2) is 0 Å². The highest BCUT2D eigenvalue weighted by atomic mass is 16.6. The molecule has 1 aliphatic rings. The number of anilines is 2. The molecule has 0 aliphatic carbocycles. The number of methoxy groups -OCH3 is 1. The lowest BCUT2D eigenvalue weighted by Crippen LogP contribution is -2.46. The molecule has 0 bridgehead atoms. The molecule has 1 aromatic carbocycles. The Kier molecular flexibility index (Phi) is 14.4. The first-order chi connectivity index (χ1) is 22.5. The molecule has 1 atom stereocenters. The molecule has 3 heterocycles. The number of piperidine rings is 1. The molecule has 250 valence electrons. The lowest BCUT2D eigenvalue weighted by Gasteiger charge is -2.36. The van der Waals surface area contributed by atoms with Crippen LogP contribution in [-0.4, -0.2) is 108 Å². The lowest BCUT2D eigenvalue weighted by atomic mass is 9.95. The van der Waals surface area contributed by atoms with Gasteiger partial charge in [0.2, 0.25) is 5.91 Å². The Bertz CT molecular complexity index is 1450. The minimum atomic E-state index is -0.558. The van der Waals surface area contributed by atoms with Crippen molar-refractivity contribution in [1.29, 1.82) is 0 Å². The fraction of sp³-hybridized carbons (Fsp3) is 0.515. The van der Waals surface area contributed by atoms with Crippen LogP contribution in [0, 0.1) is 5.92 Å². The summed E-state index contributed by atoms with van der Waals surface area (Å²) >= 11 is 0. The summed E-state index contributed by atoms with van der Waals surface area (Å²) in [5.41, 5.74) is 6.52. The summed E-state index contributed by atoms with van der Waals surface area (Å²) in [5.74, 6) is -0.927. The third-order valence-electron chi connectivity index (χ3n) is 7.67. The molecule has 2 aromatic heterocycles. The van der Waals surface area contributed by atoms with Gasteiger partial charge in [0.05, 0.1) is 83.5 Å². The standard InChI is InChI=1S/C33H45N5O8/c1-42-32(40)25-37-24-28(8-9-31(37)39)38(12-14-44-16-18-46-20-19-45-17-15-43-13-10-34)33(41)27-6-4-11-36(23-27)30-22-35-21-26-5-2-3-7-29(26)30/h2-3,5,7-9,21-22,24,27H,4,6,10-20,23,25,34H2,1H3/t27-/m0/s1. The molecule has 13 nitrogen and oxygen atoms in total. The summed E-state index contributed by atoms with van der Waals surface area (Å²) in [6.45, 7) is 5.17. The topological polar surface area (TPSA) is 148 Å². The SMILES string of the molecule is COC(=O)Cn1cc(N(CCOCCOCCOCCOCCN)C(=O)[C@H]2CCCN(c3cncc4ccccc34)C2)ccc1=O. The minimum absolute atomic E-state index is 0.0754. The van der Waals surface area contributed by atoms with Crippen molar-refractivity contribution in [2.45, 2.75) is 19.4 Å². The van der Waals surface area contributed by atoms with E-state index in [-0.39, 0.29) is 37.1 Å². The molecule has 1 fully saturated rings. The van der Waals surface area contributed by atoms with Crippen LogP contribution in [0.15, 0.2) is 59.8 Å². The Hall–Kier alpha value is -3.88. The second-order valence-electron chi connectivity index (χ2n) is 10.8. The van der Waals surface area contributed by atoms with Gasteiger partial charge in [-0.25, -0.2) is 0 Å². The number of carbonyl (C=O) groups is 2. The normalized spacial score (nSPS) is 14.8. The number of pyridine rings is 2. The van der Waals surface area contributed by atoms with Crippen molar-refractivity contribution in [2.24, 2.45) is 11.7 Å². The van der Waals surface area contributed by atoms with Crippen LogP contribution >= 0.6 is 0 Å². The van der Waals surface area contributed by atoms with Crippen molar-refractivity contribution in [3.63, 3.8) is 0 Å². The molecule has 2 N–H and O–H groups in total. The largest absolute Gasteiger partial charge is 0.468 e. The summed E-state index contributed by atoms with van der Waals surface area (Å²) in [4.78, 5) is 46.9. The van der Waals surface area contributed by atoms with E-state index in [4.69, 9.17) is 29.4 Å². The molecule has 0 unspecified atom stereocenters. The van der Waals surface area contributed by atoms with Gasteiger partial charge in [-0.15, -0.1) is 0 Å². The van der Waals surface area contributed by atoms with E-state index in [0.29, 0.717) is 65.0 Å². The molecule has 4 rings (SSSR count). The molecule has 0 radical (unpaired) electrons. The zero-order valence-corrected chi connectivity index (χ0v) is 26.5. The molecular formula is C33H45N5O8. The number of hydrogen-bond acceptors (Lipinski definition) is 11. The second-order valence-corrected chi connectivity index (χ2v) is 10.8. The number of carbonyl (C=O) groups excluding carboxylic acids is 2. The van der Waals surface area contributed by atoms with Crippen LogP contribution < -0.4 is 21.1 Å². The summed E-state index contributed by atoms with van der Waals surface area (Å²) in [6, 6.07) is 11.1. The number of benzene rings is 1. The number of aromatic nitrogens is 2. The Labute approximate surface area is 269 Å². The first-order valence-corrected chi connectivity index (χ1v) is 15.7. The number of nitrogens with two attached hydrogens (primary N) is 1. The quantitative estimate of drug-likeness (QED) is 0.151. The first-order valence-electron chi connectivity index (χ1n) is 15.7. The fourth-order valence-corrected chi connectivity index (χ4v) is 5.34. The average Bonchev–Trinajstić information content (AvgIpc) is 3.09. The van der Waals surface area contributed by atoms with Crippen LogP contribution in [0.1, 0.15) is 12.8 Å². The summed E-state index contributed by atoms with van der Waals surface area (Å²) in [6.07, 6.45) is 6.79. The Morgan fingerprint density at radius 3 is 2.35 bits per heavy atom. The highest BCUT2D eigenvalue weighted by Crippen LogP contribution is 2.30. The van der Waals surface area contributed by atoms with E-state index in [0.717, 1.165) is 35.8 Å². The summed E-state index contributed by atoms with van der Waals surface area (Å²) < 4.78 is 28.1. The van der Waals surface area contributed by atoms with E-state index in [1.54, 1.807) is 11.0 Å². The molecule has 1 amide bonds. The number of rotatable bonds is 19. The van der Waals surface area contributed by atoms with E-state index in [9.17, 15) is 14.4 Å². The number of fused-ring (bicyclic) bond motifs is 1. The van der Waals surface area contributed by atoms with Gasteiger partial charge < -0.3 is 43.8 Å². The van der Waals surface area contributed by atoms with Crippen molar-refractivity contribution < 1.29 is 33.3 Å². The molecular weight excluding hydrogens is 594 g/mol. The Morgan fingerprint density at radius 2 is 1.63 bits per heavy atom. The average molecular weight is 640 g/mol. The van der Waals surface area contributed by atoms with Gasteiger partial charge in [0, 0.05) is 55.4 Å². The Morgan fingerprint density at radius 1 is 0.935 bits per heavy atom. The summed E-state index contributed by atoms with van der Waals surface area (Å²) in [7, 11) is 1.27. The van der Waals surface area contributed by atoms with Crippen molar-refractivity contribution in [1.82, 2.24) is 9.55 Å². The van der Waals surface area contributed by atoms with E-state index in [2.05, 4.69) is 16.0 Å². The molecule has 1 aliphatic heterocycles. The first kappa shape index (κ1) is 35.0. The van der Waals surface area contributed by atoms with Crippen LogP contribution in [0.25, 0.3) is 10.8 Å². The molecule has 1 saturated heterocycles. The van der Waals surface area contributed by atoms with E-state index < -0.39 is 5.97 Å². The number of esters is 1. The number of ether oxygens (including phenoxy) is 5. The molecule has 46 heavy (non-hydrogen) atoms. The van der Waals surface area contributed by atoms with Gasteiger partial charge in [0.1, 0.15) is 6.54 Å². The minimum Gasteiger partial charge on any atom is -0.468 e. The van der Waals surface area contributed by atoms with Gasteiger partial charge in [0.25, 0.3) is 5.56 Å². The monoisotopic (exact) mass is 639 g/mol. The van der Waals surface area contributed by atoms with Gasteiger partial charge >= 0.3 is 5.97 Å². The second kappa shape index (κ2) is 18.9. The lowest BCUT2D eigenvalue weighted by molar-refractivity contribution is -0.141. The molecule has 3 aromatic rings. The van der Waals surface area contributed by atoms with Crippen LogP contribution in [0.5, 0.6) is 0 Å². The predicted molar refractivity (Wildman–Crippen MR) is 174 cm³/mol. The summed E-state index contributed by atoms with van der Waals surface area (Å²) in [5, 5.41) is 2.14. The van der Waals surface area contributed by atoms with Gasteiger partial charge in [-0.1, -0.05) is 24.3 Å². The number of amides is 1. The zero-order valence-electron chi connectivity index (χ0n) is 26.5.